The lowest BCUT2D eigenvalue weighted by Crippen LogP contribution is -2.31. The molecule has 1 saturated heterocycles. The normalized spacial score (nSPS) is 35.4. The number of fused-ring (bicyclic) bond motifs is 2. The SMILES string of the molecule is O=C(O)C1C2C=CN1CC2. The van der Waals surface area contributed by atoms with E-state index >= 15 is 0 Å². The van der Waals surface area contributed by atoms with Crippen LogP contribution < -0.4 is 0 Å². The lowest BCUT2D eigenvalue weighted by atomic mass is 10.0. The molecule has 1 fully saturated rings. The fraction of sp³-hybridized carbons (Fsp3) is 0.571. The van der Waals surface area contributed by atoms with Gasteiger partial charge in [0.2, 0.25) is 0 Å². The molecule has 2 aliphatic heterocycles. The summed E-state index contributed by atoms with van der Waals surface area (Å²) in [7, 11) is 0. The molecular formula is C7H9NO2. The van der Waals surface area contributed by atoms with Crippen molar-refractivity contribution in [2.24, 2.45) is 5.92 Å². The Balaban J connectivity index is 2.22. The Morgan fingerprint density at radius 3 is 2.70 bits per heavy atom. The van der Waals surface area contributed by atoms with Gasteiger partial charge in [-0.25, -0.2) is 4.79 Å². The summed E-state index contributed by atoms with van der Waals surface area (Å²) in [4.78, 5) is 12.5. The van der Waals surface area contributed by atoms with E-state index in [1.807, 2.05) is 17.2 Å². The van der Waals surface area contributed by atoms with Gasteiger partial charge in [0.15, 0.2) is 0 Å². The predicted octanol–water partition coefficient (Wildman–Crippen LogP) is 0.289. The number of nitrogens with zero attached hydrogens (tertiary/aromatic N) is 1. The van der Waals surface area contributed by atoms with E-state index in [1.54, 1.807) is 0 Å². The van der Waals surface area contributed by atoms with Gasteiger partial charge in [-0.05, 0) is 12.6 Å². The minimum atomic E-state index is -0.688. The van der Waals surface area contributed by atoms with Gasteiger partial charge in [0.25, 0.3) is 0 Å². The Labute approximate surface area is 58.9 Å². The highest BCUT2D eigenvalue weighted by atomic mass is 16.4. The summed E-state index contributed by atoms with van der Waals surface area (Å²) in [6, 6.07) is -0.250. The fourth-order valence-corrected chi connectivity index (χ4v) is 1.76. The first-order chi connectivity index (χ1) is 4.79. The number of carboxylic acids is 1. The summed E-state index contributed by atoms with van der Waals surface area (Å²) in [6.07, 6.45) is 4.89. The molecular weight excluding hydrogens is 130 g/mol. The van der Waals surface area contributed by atoms with Crippen molar-refractivity contribution in [1.82, 2.24) is 4.90 Å². The first-order valence-electron chi connectivity index (χ1n) is 3.46. The van der Waals surface area contributed by atoms with Crippen molar-refractivity contribution in [3.8, 4) is 0 Å². The van der Waals surface area contributed by atoms with Crippen molar-refractivity contribution in [2.45, 2.75) is 12.5 Å². The summed E-state index contributed by atoms with van der Waals surface area (Å²) in [5.74, 6) is -0.412. The van der Waals surface area contributed by atoms with E-state index in [0.717, 1.165) is 13.0 Å². The Kier molecular flexibility index (Phi) is 1.01. The lowest BCUT2D eigenvalue weighted by molar-refractivity contribution is -0.141. The second kappa shape index (κ2) is 1.75. The largest absolute Gasteiger partial charge is 0.480 e. The zero-order valence-corrected chi connectivity index (χ0v) is 5.53. The fourth-order valence-electron chi connectivity index (χ4n) is 1.76. The molecule has 3 heteroatoms. The van der Waals surface area contributed by atoms with Crippen LogP contribution in [-0.4, -0.2) is 28.6 Å². The van der Waals surface area contributed by atoms with Crippen LogP contribution in [0.5, 0.6) is 0 Å². The number of aliphatic carboxylic acids is 1. The lowest BCUT2D eigenvalue weighted by Gasteiger charge is -2.14. The minimum absolute atomic E-state index is 0.250. The number of hydrogen-bond acceptors (Lipinski definition) is 2. The average Bonchev–Trinajstić information content (AvgIpc) is 2.43. The van der Waals surface area contributed by atoms with Gasteiger partial charge in [-0.2, -0.15) is 0 Å². The molecule has 0 saturated carbocycles. The van der Waals surface area contributed by atoms with Crippen LogP contribution in [0.25, 0.3) is 0 Å². The highest BCUT2D eigenvalue weighted by molar-refractivity contribution is 5.75. The molecule has 0 amide bonds. The van der Waals surface area contributed by atoms with E-state index in [1.165, 1.54) is 0 Å². The molecule has 2 heterocycles. The third-order valence-electron chi connectivity index (χ3n) is 2.26. The Hall–Kier alpha value is -0.990. The molecule has 2 atom stereocenters. The van der Waals surface area contributed by atoms with E-state index in [4.69, 9.17) is 5.11 Å². The molecule has 3 nitrogen and oxygen atoms in total. The van der Waals surface area contributed by atoms with Crippen molar-refractivity contribution < 1.29 is 9.90 Å². The van der Waals surface area contributed by atoms with Crippen molar-refractivity contribution in [3.63, 3.8) is 0 Å². The second-order valence-electron chi connectivity index (χ2n) is 2.81. The standard InChI is InChI=1S/C7H9NO2/c9-7(10)6-5-1-3-8(6)4-2-5/h1,3,5-6H,2,4H2,(H,9,10). The third kappa shape index (κ3) is 0.574. The molecule has 0 aromatic rings. The number of hydrogen-bond donors (Lipinski definition) is 1. The number of carbonyl (C=O) groups is 1. The molecule has 0 aromatic carbocycles. The Bertz CT molecular complexity index is 186. The maximum Gasteiger partial charge on any atom is 0.326 e. The van der Waals surface area contributed by atoms with Crippen LogP contribution in [0.3, 0.4) is 0 Å². The molecule has 54 valence electrons. The first-order valence-corrected chi connectivity index (χ1v) is 3.46. The third-order valence-corrected chi connectivity index (χ3v) is 2.26. The highest BCUT2D eigenvalue weighted by Crippen LogP contribution is 2.31. The van der Waals surface area contributed by atoms with Crippen molar-refractivity contribution in [3.05, 3.63) is 12.3 Å². The van der Waals surface area contributed by atoms with E-state index in [2.05, 4.69) is 0 Å². The average molecular weight is 139 g/mol. The first kappa shape index (κ1) is 5.77. The van der Waals surface area contributed by atoms with Crippen LogP contribution in [0.2, 0.25) is 0 Å². The van der Waals surface area contributed by atoms with E-state index in [-0.39, 0.29) is 12.0 Å². The summed E-state index contributed by atoms with van der Waals surface area (Å²) in [5.41, 5.74) is 0. The van der Waals surface area contributed by atoms with Crippen LogP contribution in [0.4, 0.5) is 0 Å². The molecule has 0 radical (unpaired) electrons. The number of rotatable bonds is 1. The van der Waals surface area contributed by atoms with Crippen LogP contribution in [0.15, 0.2) is 12.3 Å². The molecule has 0 aliphatic carbocycles. The van der Waals surface area contributed by atoms with Crippen LogP contribution in [-0.2, 0) is 4.79 Å². The maximum atomic E-state index is 10.6. The van der Waals surface area contributed by atoms with Gasteiger partial charge in [-0.15, -0.1) is 0 Å². The van der Waals surface area contributed by atoms with Crippen molar-refractivity contribution in [2.75, 3.05) is 6.54 Å². The quantitative estimate of drug-likeness (QED) is 0.567. The van der Waals surface area contributed by atoms with Gasteiger partial charge in [0.05, 0.1) is 0 Å². The Morgan fingerprint density at radius 1 is 1.70 bits per heavy atom. The van der Waals surface area contributed by atoms with Crippen molar-refractivity contribution in [1.29, 1.82) is 0 Å². The summed E-state index contributed by atoms with van der Waals surface area (Å²) >= 11 is 0. The van der Waals surface area contributed by atoms with E-state index in [0.29, 0.717) is 0 Å². The number of carboxylic acid groups (broad SMARTS) is 1. The molecule has 2 aliphatic rings. The zero-order valence-electron chi connectivity index (χ0n) is 5.53. The zero-order chi connectivity index (χ0) is 7.14. The van der Waals surface area contributed by atoms with Gasteiger partial charge in [-0.3, -0.25) is 0 Å². The van der Waals surface area contributed by atoms with E-state index in [9.17, 15) is 4.79 Å². The van der Waals surface area contributed by atoms with Gasteiger partial charge in [0.1, 0.15) is 6.04 Å². The van der Waals surface area contributed by atoms with Crippen molar-refractivity contribution >= 4 is 5.97 Å². The van der Waals surface area contributed by atoms with Crippen LogP contribution in [0, 0.1) is 5.92 Å². The molecule has 1 N–H and O–H groups in total. The van der Waals surface area contributed by atoms with Gasteiger partial charge in [-0.1, -0.05) is 6.08 Å². The maximum absolute atomic E-state index is 10.6. The summed E-state index contributed by atoms with van der Waals surface area (Å²) in [5, 5.41) is 8.71. The summed E-state index contributed by atoms with van der Waals surface area (Å²) in [6.45, 7) is 0.915. The topological polar surface area (TPSA) is 40.5 Å². The smallest absolute Gasteiger partial charge is 0.326 e. The molecule has 2 rings (SSSR count). The van der Waals surface area contributed by atoms with Gasteiger partial charge < -0.3 is 10.0 Å². The molecule has 2 unspecified atom stereocenters. The predicted molar refractivity (Wildman–Crippen MR) is 35.4 cm³/mol. The minimum Gasteiger partial charge on any atom is -0.480 e. The van der Waals surface area contributed by atoms with E-state index < -0.39 is 5.97 Å². The highest BCUT2D eigenvalue weighted by Gasteiger charge is 2.39. The van der Waals surface area contributed by atoms with Crippen LogP contribution in [0.1, 0.15) is 6.42 Å². The second-order valence-corrected chi connectivity index (χ2v) is 2.81. The Morgan fingerprint density at radius 2 is 2.50 bits per heavy atom. The molecule has 10 heavy (non-hydrogen) atoms. The van der Waals surface area contributed by atoms with Gasteiger partial charge in [0, 0.05) is 12.5 Å². The molecule has 0 aromatic heterocycles. The molecule has 0 spiro atoms. The van der Waals surface area contributed by atoms with Gasteiger partial charge >= 0.3 is 5.97 Å². The summed E-state index contributed by atoms with van der Waals surface area (Å²) < 4.78 is 0. The monoisotopic (exact) mass is 139 g/mol. The molecule has 2 bridgehead atoms. The van der Waals surface area contributed by atoms with Crippen LogP contribution >= 0.6 is 0 Å².